The summed E-state index contributed by atoms with van der Waals surface area (Å²) in [5.41, 5.74) is 0.317. The number of hydrogen-bond acceptors (Lipinski definition) is 8. The van der Waals surface area contributed by atoms with Gasteiger partial charge in [-0.1, -0.05) is 12.1 Å². The van der Waals surface area contributed by atoms with Crippen molar-refractivity contribution >= 4 is 30.9 Å². The highest BCUT2D eigenvalue weighted by Crippen LogP contribution is 2.31. The molecule has 0 spiro atoms. The third-order valence-electron chi connectivity index (χ3n) is 4.77. The summed E-state index contributed by atoms with van der Waals surface area (Å²) in [4.78, 5) is 48.6. The molecule has 0 radical (unpaired) electrons. The third kappa shape index (κ3) is 8.25. The standard InChI is InChI=1S/C20H24BF3N2O8/c1-26(2)16(28)6-7-17(29)32-11-33-19(30)13-5-3-4-12-10-14(21(31)34-18(12)13)25-15(27)8-9-20(22,23)24/h3-5,14,31H,6-11H2,1-2H3,(H,25,27)/t14-/m0/s1. The number of benzene rings is 1. The van der Waals surface area contributed by atoms with E-state index in [0.717, 1.165) is 0 Å². The molecule has 14 heteroatoms. The maximum atomic E-state index is 12.4. The summed E-state index contributed by atoms with van der Waals surface area (Å²) in [7, 11) is 1.46. The molecule has 1 aromatic carbocycles. The van der Waals surface area contributed by atoms with E-state index in [0.29, 0.717) is 5.56 Å². The Kier molecular flexibility index (Phi) is 9.30. The molecule has 186 valence electrons. The zero-order chi connectivity index (χ0) is 25.5. The molecule has 0 bridgehead atoms. The lowest BCUT2D eigenvalue weighted by molar-refractivity contribution is -0.153. The summed E-state index contributed by atoms with van der Waals surface area (Å²) in [5.74, 6) is -3.88. The highest BCUT2D eigenvalue weighted by Gasteiger charge is 2.38. The average Bonchev–Trinajstić information content (AvgIpc) is 2.75. The van der Waals surface area contributed by atoms with Gasteiger partial charge in [-0.15, -0.1) is 0 Å². The van der Waals surface area contributed by atoms with E-state index in [1.54, 1.807) is 20.2 Å². The normalized spacial score (nSPS) is 15.0. The number of ether oxygens (including phenoxy) is 2. The van der Waals surface area contributed by atoms with Crippen LogP contribution in [0.4, 0.5) is 13.2 Å². The van der Waals surface area contributed by atoms with Crippen LogP contribution in [-0.2, 0) is 30.3 Å². The molecule has 1 atom stereocenters. The zero-order valence-electron chi connectivity index (χ0n) is 18.5. The van der Waals surface area contributed by atoms with Crippen molar-refractivity contribution in [2.24, 2.45) is 0 Å². The topological polar surface area (TPSA) is 131 Å². The minimum Gasteiger partial charge on any atom is -0.534 e. The Bertz CT molecular complexity index is 926. The van der Waals surface area contributed by atoms with Crippen molar-refractivity contribution in [1.82, 2.24) is 10.2 Å². The van der Waals surface area contributed by atoms with Crippen LogP contribution in [-0.4, -0.2) is 73.8 Å². The van der Waals surface area contributed by atoms with Crippen molar-refractivity contribution in [2.45, 2.75) is 44.2 Å². The summed E-state index contributed by atoms with van der Waals surface area (Å²) >= 11 is 0. The Labute approximate surface area is 193 Å². The molecule has 0 unspecified atom stereocenters. The first-order valence-electron chi connectivity index (χ1n) is 10.2. The van der Waals surface area contributed by atoms with Gasteiger partial charge in [-0.25, -0.2) is 4.79 Å². The number of halogens is 3. The molecule has 0 aliphatic carbocycles. The highest BCUT2D eigenvalue weighted by molar-refractivity contribution is 6.47. The smallest absolute Gasteiger partial charge is 0.534 e. The predicted molar refractivity (Wildman–Crippen MR) is 110 cm³/mol. The molecule has 2 N–H and O–H groups in total. The van der Waals surface area contributed by atoms with E-state index in [2.05, 4.69) is 5.32 Å². The molecule has 2 amide bonds. The third-order valence-corrected chi connectivity index (χ3v) is 4.77. The fraction of sp³-hybridized carbons (Fsp3) is 0.500. The molecule has 10 nitrogen and oxygen atoms in total. The Morgan fingerprint density at radius 1 is 1.18 bits per heavy atom. The molecular weight excluding hydrogens is 464 g/mol. The maximum absolute atomic E-state index is 12.4. The second kappa shape index (κ2) is 11.7. The van der Waals surface area contributed by atoms with E-state index >= 15 is 0 Å². The van der Waals surface area contributed by atoms with Crippen molar-refractivity contribution in [3.8, 4) is 5.75 Å². The van der Waals surface area contributed by atoms with Crippen LogP contribution in [0.5, 0.6) is 5.75 Å². The van der Waals surface area contributed by atoms with Crippen LogP contribution >= 0.6 is 0 Å². The first-order valence-corrected chi connectivity index (χ1v) is 10.2. The molecular formula is C20H24BF3N2O8. The van der Waals surface area contributed by atoms with Crippen LogP contribution in [0.25, 0.3) is 0 Å². The fourth-order valence-corrected chi connectivity index (χ4v) is 2.97. The monoisotopic (exact) mass is 488 g/mol. The first-order chi connectivity index (χ1) is 15.9. The van der Waals surface area contributed by atoms with Gasteiger partial charge in [0.25, 0.3) is 0 Å². The Hall–Kier alpha value is -3.29. The first kappa shape index (κ1) is 27.0. The second-order valence-corrected chi connectivity index (χ2v) is 7.65. The van der Waals surface area contributed by atoms with Crippen molar-refractivity contribution in [3.63, 3.8) is 0 Å². The fourth-order valence-electron chi connectivity index (χ4n) is 2.97. The largest absolute Gasteiger partial charge is 0.547 e. The summed E-state index contributed by atoms with van der Waals surface area (Å²) in [5, 5.41) is 12.5. The molecule has 0 fully saturated rings. The van der Waals surface area contributed by atoms with Crippen molar-refractivity contribution < 1.29 is 51.5 Å². The Morgan fingerprint density at radius 3 is 2.53 bits per heavy atom. The van der Waals surface area contributed by atoms with E-state index in [-0.39, 0.29) is 36.5 Å². The Morgan fingerprint density at radius 2 is 1.88 bits per heavy atom. The molecule has 1 aliphatic rings. The number of fused-ring (bicyclic) bond motifs is 1. The lowest BCUT2D eigenvalue weighted by Gasteiger charge is -2.29. The second-order valence-electron chi connectivity index (χ2n) is 7.65. The minimum atomic E-state index is -4.49. The van der Waals surface area contributed by atoms with Gasteiger partial charge in [0.1, 0.15) is 11.3 Å². The minimum absolute atomic E-state index is 0.00966. The molecule has 34 heavy (non-hydrogen) atoms. The lowest BCUT2D eigenvalue weighted by atomic mass is 9.72. The SMILES string of the molecule is CN(C)C(=O)CCC(=O)OCOC(=O)c1cccc2c1OB(O)[C@@H](NC(=O)CCC(F)(F)F)C2. The van der Waals surface area contributed by atoms with Gasteiger partial charge in [-0.2, -0.15) is 13.2 Å². The number of carbonyl (C=O) groups excluding carboxylic acids is 4. The number of nitrogens with one attached hydrogen (secondary N) is 1. The molecule has 0 saturated carbocycles. The number of nitrogens with zero attached hydrogens (tertiary/aromatic N) is 1. The van der Waals surface area contributed by atoms with Crippen molar-refractivity contribution in [1.29, 1.82) is 0 Å². The van der Waals surface area contributed by atoms with E-state index < -0.39 is 56.7 Å². The van der Waals surface area contributed by atoms with Gasteiger partial charge in [0.15, 0.2) is 0 Å². The number of carbonyl (C=O) groups is 4. The van der Waals surface area contributed by atoms with E-state index in [1.165, 1.54) is 17.0 Å². The number of esters is 2. The van der Waals surface area contributed by atoms with E-state index in [1.807, 2.05) is 0 Å². The van der Waals surface area contributed by atoms with Crippen LogP contribution in [0, 0.1) is 0 Å². The van der Waals surface area contributed by atoms with Gasteiger partial charge in [0.2, 0.25) is 18.6 Å². The van der Waals surface area contributed by atoms with Crippen LogP contribution in [0.15, 0.2) is 18.2 Å². The van der Waals surface area contributed by atoms with Crippen LogP contribution < -0.4 is 9.97 Å². The quantitative estimate of drug-likeness (QED) is 0.299. The van der Waals surface area contributed by atoms with Gasteiger partial charge >= 0.3 is 25.2 Å². The summed E-state index contributed by atoms with van der Waals surface area (Å²) in [6, 6.07) is 4.38. The van der Waals surface area contributed by atoms with Gasteiger partial charge in [-0.3, -0.25) is 14.4 Å². The van der Waals surface area contributed by atoms with Crippen LogP contribution in [0.3, 0.4) is 0 Å². The lowest BCUT2D eigenvalue weighted by Crippen LogP contribution is -2.53. The number of rotatable bonds is 9. The van der Waals surface area contributed by atoms with Crippen molar-refractivity contribution in [3.05, 3.63) is 29.3 Å². The van der Waals surface area contributed by atoms with Crippen LogP contribution in [0.2, 0.25) is 0 Å². The van der Waals surface area contributed by atoms with Gasteiger partial charge in [0, 0.05) is 26.9 Å². The maximum Gasteiger partial charge on any atom is 0.547 e. The van der Waals surface area contributed by atoms with Crippen LogP contribution in [0.1, 0.15) is 41.6 Å². The summed E-state index contributed by atoms with van der Waals surface area (Å²) in [6.07, 6.45) is -6.85. The highest BCUT2D eigenvalue weighted by atomic mass is 19.4. The van der Waals surface area contributed by atoms with Gasteiger partial charge in [0.05, 0.1) is 18.8 Å². The van der Waals surface area contributed by atoms with E-state index in [9.17, 15) is 37.4 Å². The zero-order valence-corrected chi connectivity index (χ0v) is 18.5. The molecule has 0 saturated heterocycles. The van der Waals surface area contributed by atoms with Gasteiger partial charge < -0.3 is 29.4 Å². The van der Waals surface area contributed by atoms with E-state index in [4.69, 9.17) is 14.1 Å². The number of amides is 2. The number of alkyl halides is 3. The summed E-state index contributed by atoms with van der Waals surface area (Å²) < 4.78 is 51.8. The molecule has 2 rings (SSSR count). The number of para-hydroxylation sites is 1. The molecule has 1 aliphatic heterocycles. The van der Waals surface area contributed by atoms with Crippen molar-refractivity contribution in [2.75, 3.05) is 20.9 Å². The molecule has 1 aromatic rings. The Balaban J connectivity index is 1.91. The number of hydrogen-bond donors (Lipinski definition) is 2. The predicted octanol–water partition coefficient (Wildman–Crippen LogP) is 0.994. The van der Waals surface area contributed by atoms with Gasteiger partial charge in [-0.05, 0) is 18.1 Å². The summed E-state index contributed by atoms with van der Waals surface area (Å²) in [6.45, 7) is -0.710. The molecule has 1 heterocycles. The molecule has 0 aromatic heterocycles. The average molecular weight is 488 g/mol.